The zero-order valence-electron chi connectivity index (χ0n) is 18.6. The molecule has 5 nitrogen and oxygen atoms in total. The van der Waals surface area contributed by atoms with Gasteiger partial charge in [-0.1, -0.05) is 59.9 Å². The first-order chi connectivity index (χ1) is 16.6. The minimum absolute atomic E-state index is 0.0527. The van der Waals surface area contributed by atoms with E-state index in [1.165, 1.54) is 22.5 Å². The fraction of sp³-hybridized carbons (Fsp3) is 0.143. The maximum Gasteiger partial charge on any atom is 0.271 e. The molecule has 1 aliphatic heterocycles. The molecule has 2 aliphatic rings. The van der Waals surface area contributed by atoms with Gasteiger partial charge in [0.2, 0.25) is 0 Å². The first-order valence-electron chi connectivity index (χ1n) is 11.2. The van der Waals surface area contributed by atoms with Crippen LogP contribution in [-0.2, 0) is 6.42 Å². The van der Waals surface area contributed by atoms with Crippen LogP contribution in [0.4, 0.5) is 0 Å². The Bertz CT molecular complexity index is 1610. The molecule has 0 radical (unpaired) electrons. The maximum atomic E-state index is 13.7. The van der Waals surface area contributed by atoms with Gasteiger partial charge in [-0.15, -0.1) is 0 Å². The summed E-state index contributed by atoms with van der Waals surface area (Å²) >= 11 is 1.40. The van der Waals surface area contributed by atoms with Crippen molar-refractivity contribution in [2.24, 2.45) is 4.99 Å². The molecular weight excluding hydrogens is 444 g/mol. The van der Waals surface area contributed by atoms with E-state index >= 15 is 0 Å². The molecular formula is C28H22N2O3S. The number of thiazole rings is 1. The highest BCUT2D eigenvalue weighted by Crippen LogP contribution is 2.41. The highest BCUT2D eigenvalue weighted by Gasteiger charge is 2.32. The summed E-state index contributed by atoms with van der Waals surface area (Å²) in [6.07, 6.45) is 3.65. The summed E-state index contributed by atoms with van der Waals surface area (Å²) in [6.45, 7) is 0. The normalized spacial score (nSPS) is 17.0. The van der Waals surface area contributed by atoms with Crippen molar-refractivity contribution in [1.29, 1.82) is 0 Å². The van der Waals surface area contributed by atoms with Gasteiger partial charge in [0.15, 0.2) is 4.80 Å². The molecule has 0 fully saturated rings. The average molecular weight is 467 g/mol. The van der Waals surface area contributed by atoms with Crippen molar-refractivity contribution in [3.05, 3.63) is 120 Å². The van der Waals surface area contributed by atoms with Crippen LogP contribution >= 0.6 is 11.3 Å². The number of methoxy groups -OCH3 is 1. The summed E-state index contributed by atoms with van der Waals surface area (Å²) in [7, 11) is 1.65. The zero-order valence-corrected chi connectivity index (χ0v) is 19.4. The standard InChI is InChI=1S/C28H22N2O3S/c1-33-21-13-8-19(9-14-21)26-23-15-10-18-4-2-3-5-22(18)25(23)29-28-30(26)27(32)24(34-28)16-17-6-11-20(31)12-7-17/h2-9,11-14,16,26,31H,10,15H2,1H3/b24-16+/t26-/m1/s1. The van der Waals surface area contributed by atoms with Gasteiger partial charge in [0.25, 0.3) is 5.56 Å². The Labute approximate surface area is 200 Å². The SMILES string of the molecule is COc1ccc([C@@H]2C3=C(N=c4s/c(=C/c5ccc(O)cc5)c(=O)n42)c2ccccc2CC3)cc1. The average Bonchev–Trinajstić information content (AvgIpc) is 3.18. The van der Waals surface area contributed by atoms with Crippen molar-refractivity contribution >= 4 is 23.1 Å². The molecule has 0 amide bonds. The van der Waals surface area contributed by atoms with Crippen LogP contribution in [0, 0.1) is 0 Å². The second kappa shape index (κ2) is 8.15. The second-order valence-corrected chi connectivity index (χ2v) is 9.49. The van der Waals surface area contributed by atoms with Crippen molar-refractivity contribution in [3.63, 3.8) is 0 Å². The van der Waals surface area contributed by atoms with Crippen LogP contribution < -0.4 is 19.6 Å². The molecule has 1 atom stereocenters. The topological polar surface area (TPSA) is 63.8 Å². The van der Waals surface area contributed by atoms with E-state index < -0.39 is 0 Å². The second-order valence-electron chi connectivity index (χ2n) is 8.48. The molecule has 1 aliphatic carbocycles. The number of aryl methyl sites for hydroxylation is 1. The molecule has 2 heterocycles. The van der Waals surface area contributed by atoms with Gasteiger partial charge in [-0.2, -0.15) is 0 Å². The van der Waals surface area contributed by atoms with Crippen LogP contribution in [0.15, 0.2) is 88.2 Å². The molecule has 0 unspecified atom stereocenters. The van der Waals surface area contributed by atoms with Gasteiger partial charge < -0.3 is 9.84 Å². The van der Waals surface area contributed by atoms with Crippen molar-refractivity contribution in [2.45, 2.75) is 18.9 Å². The Morgan fingerprint density at radius 1 is 1.03 bits per heavy atom. The minimum atomic E-state index is -0.215. The third-order valence-electron chi connectivity index (χ3n) is 6.50. The number of rotatable bonds is 3. The Hall–Kier alpha value is -3.90. The highest BCUT2D eigenvalue weighted by atomic mass is 32.1. The summed E-state index contributed by atoms with van der Waals surface area (Å²) in [6, 6.07) is 23.0. The van der Waals surface area contributed by atoms with Gasteiger partial charge in [0.05, 0.1) is 23.4 Å². The number of hydrogen-bond acceptors (Lipinski definition) is 5. The zero-order chi connectivity index (χ0) is 23.2. The van der Waals surface area contributed by atoms with E-state index in [4.69, 9.17) is 9.73 Å². The summed E-state index contributed by atoms with van der Waals surface area (Å²) < 4.78 is 7.82. The van der Waals surface area contributed by atoms with Gasteiger partial charge in [-0.05, 0) is 65.4 Å². The highest BCUT2D eigenvalue weighted by molar-refractivity contribution is 7.07. The van der Waals surface area contributed by atoms with Gasteiger partial charge >= 0.3 is 0 Å². The maximum absolute atomic E-state index is 13.7. The van der Waals surface area contributed by atoms with E-state index in [-0.39, 0.29) is 17.4 Å². The molecule has 0 saturated carbocycles. The summed E-state index contributed by atoms with van der Waals surface area (Å²) in [5.74, 6) is 0.983. The molecule has 0 spiro atoms. The van der Waals surface area contributed by atoms with Crippen molar-refractivity contribution < 1.29 is 9.84 Å². The van der Waals surface area contributed by atoms with Gasteiger partial charge in [0.1, 0.15) is 11.5 Å². The molecule has 1 aromatic heterocycles. The number of phenols is 1. The van der Waals surface area contributed by atoms with Gasteiger partial charge in [0, 0.05) is 5.56 Å². The molecule has 6 heteroatoms. The third kappa shape index (κ3) is 3.38. The molecule has 0 saturated heterocycles. The van der Waals surface area contributed by atoms with E-state index in [1.807, 2.05) is 41.0 Å². The molecule has 1 N–H and O–H groups in total. The predicted molar refractivity (Wildman–Crippen MR) is 134 cm³/mol. The number of benzene rings is 3. The quantitative estimate of drug-likeness (QED) is 0.496. The Balaban J connectivity index is 1.60. The summed E-state index contributed by atoms with van der Waals surface area (Å²) in [4.78, 5) is 19.4. The lowest BCUT2D eigenvalue weighted by Gasteiger charge is -2.30. The van der Waals surface area contributed by atoms with E-state index in [1.54, 1.807) is 31.4 Å². The van der Waals surface area contributed by atoms with Crippen molar-refractivity contribution in [3.8, 4) is 11.5 Å². The fourth-order valence-corrected chi connectivity index (χ4v) is 5.83. The Morgan fingerprint density at radius 2 is 1.79 bits per heavy atom. The number of aromatic nitrogens is 1. The Morgan fingerprint density at radius 3 is 2.56 bits per heavy atom. The third-order valence-corrected chi connectivity index (χ3v) is 7.48. The number of hydrogen-bond donors (Lipinski definition) is 1. The van der Waals surface area contributed by atoms with E-state index in [0.29, 0.717) is 9.33 Å². The number of phenolic OH excluding ortho intramolecular Hbond substituents is 1. The minimum Gasteiger partial charge on any atom is -0.508 e. The van der Waals surface area contributed by atoms with Crippen LogP contribution in [0.5, 0.6) is 11.5 Å². The molecule has 168 valence electrons. The van der Waals surface area contributed by atoms with E-state index in [9.17, 15) is 9.90 Å². The number of fused-ring (bicyclic) bond motifs is 3. The fourth-order valence-electron chi connectivity index (χ4n) is 4.83. The lowest BCUT2D eigenvalue weighted by molar-refractivity contribution is 0.414. The first-order valence-corrected chi connectivity index (χ1v) is 12.0. The molecule has 3 aromatic carbocycles. The Kier molecular flexibility index (Phi) is 4.96. The predicted octanol–water partition coefficient (Wildman–Crippen LogP) is 4.03. The van der Waals surface area contributed by atoms with Crippen LogP contribution in [0.3, 0.4) is 0 Å². The van der Waals surface area contributed by atoms with Crippen LogP contribution in [0.1, 0.15) is 34.7 Å². The van der Waals surface area contributed by atoms with E-state index in [0.717, 1.165) is 41.0 Å². The number of allylic oxidation sites excluding steroid dienone is 1. The smallest absolute Gasteiger partial charge is 0.271 e. The first kappa shape index (κ1) is 20.7. The van der Waals surface area contributed by atoms with Crippen LogP contribution in [-0.4, -0.2) is 16.8 Å². The van der Waals surface area contributed by atoms with Gasteiger partial charge in [-0.25, -0.2) is 4.99 Å². The molecule has 0 bridgehead atoms. The molecule has 6 rings (SSSR count). The molecule has 34 heavy (non-hydrogen) atoms. The summed E-state index contributed by atoms with van der Waals surface area (Å²) in [5.41, 5.74) is 6.45. The summed E-state index contributed by atoms with van der Waals surface area (Å²) in [5, 5.41) is 9.60. The molecule has 4 aromatic rings. The lowest BCUT2D eigenvalue weighted by atomic mass is 9.83. The monoisotopic (exact) mass is 466 g/mol. The van der Waals surface area contributed by atoms with Crippen LogP contribution in [0.2, 0.25) is 0 Å². The van der Waals surface area contributed by atoms with Crippen molar-refractivity contribution in [2.75, 3.05) is 7.11 Å². The number of aromatic hydroxyl groups is 1. The largest absolute Gasteiger partial charge is 0.508 e. The number of ether oxygens (including phenoxy) is 1. The number of nitrogens with zero attached hydrogens (tertiary/aromatic N) is 2. The van der Waals surface area contributed by atoms with E-state index in [2.05, 4.69) is 18.2 Å². The van der Waals surface area contributed by atoms with Crippen molar-refractivity contribution in [1.82, 2.24) is 4.57 Å². The lowest BCUT2D eigenvalue weighted by Crippen LogP contribution is -2.38. The van der Waals surface area contributed by atoms with Crippen LogP contribution in [0.25, 0.3) is 11.8 Å². The van der Waals surface area contributed by atoms with Gasteiger partial charge in [-0.3, -0.25) is 9.36 Å².